The van der Waals surface area contributed by atoms with Crippen molar-refractivity contribution in [3.63, 3.8) is 0 Å². The van der Waals surface area contributed by atoms with Gasteiger partial charge in [0.05, 0.1) is 38.8 Å². The lowest BCUT2D eigenvalue weighted by Gasteiger charge is -2.12. The Morgan fingerprint density at radius 2 is 1.30 bits per heavy atom. The average Bonchev–Trinajstić information content (AvgIpc) is 2.72. The summed E-state index contributed by atoms with van der Waals surface area (Å²) >= 11 is 0. The summed E-state index contributed by atoms with van der Waals surface area (Å²) in [5, 5.41) is 6.04. The van der Waals surface area contributed by atoms with Crippen molar-refractivity contribution in [3.8, 4) is 0 Å². The molecule has 10 nitrogen and oxygen atoms in total. The molecule has 0 aromatic rings. The molecular formula is C19H34F3N3O7S. The van der Waals surface area contributed by atoms with Gasteiger partial charge in [0.2, 0.25) is 0 Å². The van der Waals surface area contributed by atoms with E-state index < -0.39 is 21.5 Å². The Morgan fingerprint density at radius 3 is 1.82 bits per heavy atom. The molecule has 0 bridgehead atoms. The number of hydrogen-bond acceptors (Lipinski definition) is 9. The second kappa shape index (κ2) is 17.6. The molecular weight excluding hydrogens is 471 g/mol. The van der Waals surface area contributed by atoms with Crippen LogP contribution in [-0.2, 0) is 33.8 Å². The monoisotopic (exact) mass is 505 g/mol. The van der Waals surface area contributed by atoms with Gasteiger partial charge in [-0.3, -0.25) is 0 Å². The number of halogens is 3. The third kappa shape index (κ3) is 17.3. The molecule has 0 aromatic heterocycles. The SMILES string of the molecule is C=C(NCCCOCCOCCOCCCNS(=O)(=O)C(F)(F)F)NCCOC(=O)C(=C)C. The third-order valence-electron chi connectivity index (χ3n) is 3.63. The molecule has 0 saturated carbocycles. The van der Waals surface area contributed by atoms with Crippen LogP contribution in [-0.4, -0.2) is 85.8 Å². The van der Waals surface area contributed by atoms with Gasteiger partial charge in [-0.2, -0.15) is 13.2 Å². The van der Waals surface area contributed by atoms with Gasteiger partial charge in [-0.1, -0.05) is 13.2 Å². The van der Waals surface area contributed by atoms with Crippen LogP contribution >= 0.6 is 0 Å². The summed E-state index contributed by atoms with van der Waals surface area (Å²) in [6.07, 6.45) is 0.851. The highest BCUT2D eigenvalue weighted by Gasteiger charge is 2.45. The van der Waals surface area contributed by atoms with Gasteiger partial charge in [-0.15, -0.1) is 0 Å². The summed E-state index contributed by atoms with van der Waals surface area (Å²) in [6.45, 7) is 11.7. The molecule has 14 heteroatoms. The number of sulfonamides is 1. The van der Waals surface area contributed by atoms with E-state index in [-0.39, 0.29) is 39.4 Å². The van der Waals surface area contributed by atoms with Crippen molar-refractivity contribution < 1.29 is 45.3 Å². The minimum atomic E-state index is -5.31. The van der Waals surface area contributed by atoms with E-state index in [1.807, 2.05) is 0 Å². The Bertz CT molecular complexity index is 689. The molecule has 0 heterocycles. The van der Waals surface area contributed by atoms with Gasteiger partial charge < -0.3 is 29.6 Å². The summed E-state index contributed by atoms with van der Waals surface area (Å²) in [7, 11) is -5.30. The van der Waals surface area contributed by atoms with E-state index in [2.05, 4.69) is 23.8 Å². The molecule has 0 aromatic carbocycles. The summed E-state index contributed by atoms with van der Waals surface area (Å²) in [6, 6.07) is 0. The van der Waals surface area contributed by atoms with Crippen molar-refractivity contribution in [1.82, 2.24) is 15.4 Å². The van der Waals surface area contributed by atoms with Crippen LogP contribution in [0.25, 0.3) is 0 Å². The lowest BCUT2D eigenvalue weighted by atomic mass is 10.4. The molecule has 0 fully saturated rings. The molecule has 0 amide bonds. The fraction of sp³-hybridized carbons (Fsp3) is 0.737. The lowest BCUT2D eigenvalue weighted by molar-refractivity contribution is -0.138. The van der Waals surface area contributed by atoms with Crippen molar-refractivity contribution in [3.05, 3.63) is 24.6 Å². The van der Waals surface area contributed by atoms with Crippen LogP contribution < -0.4 is 15.4 Å². The van der Waals surface area contributed by atoms with E-state index in [9.17, 15) is 26.4 Å². The Hall–Kier alpha value is -1.87. The number of esters is 1. The summed E-state index contributed by atoms with van der Waals surface area (Å²) in [5.74, 6) is 0.182. The summed E-state index contributed by atoms with van der Waals surface area (Å²) < 4.78 is 80.0. The van der Waals surface area contributed by atoms with Gasteiger partial charge in [-0.25, -0.2) is 17.9 Å². The minimum Gasteiger partial charge on any atom is -0.460 e. The van der Waals surface area contributed by atoms with Crippen molar-refractivity contribution >= 4 is 16.0 Å². The Balaban J connectivity index is 3.36. The lowest BCUT2D eigenvalue weighted by Crippen LogP contribution is -2.37. The first-order valence-electron chi connectivity index (χ1n) is 10.3. The highest BCUT2D eigenvalue weighted by Crippen LogP contribution is 2.21. The minimum absolute atomic E-state index is 0.104. The second-order valence-corrected chi connectivity index (χ2v) is 8.39. The van der Waals surface area contributed by atoms with E-state index in [0.717, 1.165) is 6.42 Å². The first kappa shape index (κ1) is 31.1. The highest BCUT2D eigenvalue weighted by molar-refractivity contribution is 7.90. The predicted octanol–water partition coefficient (Wildman–Crippen LogP) is 1.03. The fourth-order valence-corrected chi connectivity index (χ4v) is 2.53. The molecule has 0 unspecified atom stereocenters. The van der Waals surface area contributed by atoms with Gasteiger partial charge in [0.25, 0.3) is 0 Å². The summed E-state index contributed by atoms with van der Waals surface area (Å²) in [5.41, 5.74) is -4.96. The van der Waals surface area contributed by atoms with E-state index in [1.165, 1.54) is 4.72 Å². The Labute approximate surface area is 192 Å². The number of alkyl halides is 3. The van der Waals surface area contributed by atoms with E-state index >= 15 is 0 Å². The first-order valence-corrected chi connectivity index (χ1v) is 11.7. The molecule has 0 aliphatic heterocycles. The van der Waals surface area contributed by atoms with Crippen LogP contribution in [0.4, 0.5) is 13.2 Å². The maximum Gasteiger partial charge on any atom is 0.511 e. The van der Waals surface area contributed by atoms with Crippen molar-refractivity contribution in [1.29, 1.82) is 0 Å². The van der Waals surface area contributed by atoms with Gasteiger partial charge in [-0.05, 0) is 19.8 Å². The normalized spacial score (nSPS) is 11.8. The number of ether oxygens (including phenoxy) is 4. The molecule has 3 N–H and O–H groups in total. The summed E-state index contributed by atoms with van der Waals surface area (Å²) in [4.78, 5) is 11.2. The molecule has 0 rings (SSSR count). The van der Waals surface area contributed by atoms with Crippen LogP contribution in [0.1, 0.15) is 19.8 Å². The topological polar surface area (TPSA) is 124 Å². The Kier molecular flexibility index (Phi) is 16.6. The number of rotatable bonds is 21. The van der Waals surface area contributed by atoms with Gasteiger partial charge in [0.1, 0.15) is 6.61 Å². The van der Waals surface area contributed by atoms with Crippen LogP contribution in [0.2, 0.25) is 0 Å². The number of carbonyl (C=O) groups is 1. The predicted molar refractivity (Wildman–Crippen MR) is 116 cm³/mol. The van der Waals surface area contributed by atoms with Gasteiger partial charge in [0, 0.05) is 31.9 Å². The third-order valence-corrected chi connectivity index (χ3v) is 4.83. The fourth-order valence-electron chi connectivity index (χ4n) is 1.95. The zero-order chi connectivity index (χ0) is 25.2. The molecule has 194 valence electrons. The van der Waals surface area contributed by atoms with E-state index in [1.54, 1.807) is 6.92 Å². The van der Waals surface area contributed by atoms with E-state index in [4.69, 9.17) is 18.9 Å². The van der Waals surface area contributed by atoms with Gasteiger partial charge >= 0.3 is 21.5 Å². The van der Waals surface area contributed by atoms with Gasteiger partial charge in [0.15, 0.2) is 0 Å². The quantitative estimate of drug-likeness (QED) is 0.119. The highest BCUT2D eigenvalue weighted by atomic mass is 32.2. The Morgan fingerprint density at radius 1 is 0.818 bits per heavy atom. The zero-order valence-electron chi connectivity index (χ0n) is 18.8. The largest absolute Gasteiger partial charge is 0.511 e. The van der Waals surface area contributed by atoms with E-state index in [0.29, 0.717) is 44.3 Å². The van der Waals surface area contributed by atoms with Crippen LogP contribution in [0.5, 0.6) is 0 Å². The number of carbonyl (C=O) groups excluding carboxylic acids is 1. The maximum atomic E-state index is 12.1. The molecule has 0 saturated heterocycles. The molecule has 0 aliphatic rings. The van der Waals surface area contributed by atoms with Crippen LogP contribution in [0, 0.1) is 0 Å². The number of hydrogen-bond donors (Lipinski definition) is 3. The van der Waals surface area contributed by atoms with Crippen LogP contribution in [0.3, 0.4) is 0 Å². The zero-order valence-corrected chi connectivity index (χ0v) is 19.6. The molecule has 0 spiro atoms. The maximum absolute atomic E-state index is 12.1. The van der Waals surface area contributed by atoms with Crippen LogP contribution in [0.15, 0.2) is 24.6 Å². The molecule has 0 atom stereocenters. The first-order chi connectivity index (χ1) is 15.5. The smallest absolute Gasteiger partial charge is 0.460 e. The standard InChI is InChI=1S/C19H34F3N3O7S/c1-16(2)18(26)32-11-8-24-17(3)23-6-4-9-29-12-14-31-15-13-30-10-5-7-25-33(27,28)19(20,21)22/h23-25H,1,3-15H2,2H3. The average molecular weight is 506 g/mol. The number of nitrogens with one attached hydrogen (secondary N) is 3. The van der Waals surface area contributed by atoms with Crippen molar-refractivity contribution in [2.45, 2.75) is 25.3 Å². The van der Waals surface area contributed by atoms with Crippen molar-refractivity contribution in [2.24, 2.45) is 0 Å². The second-order valence-electron chi connectivity index (χ2n) is 6.64. The van der Waals surface area contributed by atoms with Crippen molar-refractivity contribution in [2.75, 3.05) is 65.9 Å². The molecule has 33 heavy (non-hydrogen) atoms. The molecule has 0 aliphatic carbocycles. The molecule has 0 radical (unpaired) electrons.